The van der Waals surface area contributed by atoms with Gasteiger partial charge in [-0.3, -0.25) is 9.69 Å². The number of nitrogens with zero attached hydrogens (tertiary/aromatic N) is 2. The zero-order chi connectivity index (χ0) is 22.3. The van der Waals surface area contributed by atoms with E-state index in [2.05, 4.69) is 0 Å². The normalized spacial score (nSPS) is 23.2. The van der Waals surface area contributed by atoms with E-state index in [1.807, 2.05) is 0 Å². The van der Waals surface area contributed by atoms with Gasteiger partial charge in [0, 0.05) is 18.2 Å². The van der Waals surface area contributed by atoms with Gasteiger partial charge in [0.15, 0.2) is 0 Å². The van der Waals surface area contributed by atoms with Gasteiger partial charge in [-0.1, -0.05) is 23.7 Å². The van der Waals surface area contributed by atoms with Crippen LogP contribution in [-0.2, 0) is 22.3 Å². The first-order valence-corrected chi connectivity index (χ1v) is 9.97. The van der Waals surface area contributed by atoms with Crippen LogP contribution in [0.2, 0.25) is 5.02 Å². The summed E-state index contributed by atoms with van der Waals surface area (Å²) in [4.78, 5) is 16.2. The second-order valence-corrected chi connectivity index (χ2v) is 8.04. The predicted octanol–water partition coefficient (Wildman–Crippen LogP) is 3.68. The molecule has 4 rings (SSSR count). The van der Waals surface area contributed by atoms with Crippen molar-refractivity contribution in [3.63, 3.8) is 0 Å². The Morgan fingerprint density at radius 2 is 1.81 bits per heavy atom. The molecule has 2 aliphatic heterocycles. The van der Waals surface area contributed by atoms with Gasteiger partial charge in [0.1, 0.15) is 12.0 Å². The second-order valence-electron chi connectivity index (χ2n) is 7.64. The number of aliphatic hydroxyl groups is 1. The van der Waals surface area contributed by atoms with Crippen LogP contribution < -0.4 is 4.90 Å². The standard InChI is InChI=1S/C21H19ClF4N2O3/c22-16-6-5-15(7-17(16)23)27-9-18(29)28(19(20(27)30)13-10-31-11-13)8-12-1-3-14(4-2-12)21(24,25)26/h1-7,13,18-19,29H,8-11H2/t18?,19-/m1/s1. The summed E-state index contributed by atoms with van der Waals surface area (Å²) in [7, 11) is 0. The SMILES string of the molecule is O=C1[C@@H](C2COC2)N(Cc2ccc(C(F)(F)F)cc2)C(O)CN1c1ccc(Cl)c(F)c1. The maximum Gasteiger partial charge on any atom is 0.416 e. The number of amides is 1. The summed E-state index contributed by atoms with van der Waals surface area (Å²) in [5, 5.41) is 10.7. The van der Waals surface area contributed by atoms with E-state index in [1.165, 1.54) is 29.2 Å². The minimum absolute atomic E-state index is 0.0784. The van der Waals surface area contributed by atoms with Gasteiger partial charge in [-0.2, -0.15) is 13.2 Å². The van der Waals surface area contributed by atoms with Crippen LogP contribution in [0.4, 0.5) is 23.2 Å². The number of anilines is 1. The smallest absolute Gasteiger partial charge is 0.381 e. The van der Waals surface area contributed by atoms with Gasteiger partial charge < -0.3 is 14.7 Å². The summed E-state index contributed by atoms with van der Waals surface area (Å²) in [6, 6.07) is 7.79. The molecule has 2 fully saturated rings. The Morgan fingerprint density at radius 3 is 2.35 bits per heavy atom. The molecule has 2 aromatic carbocycles. The molecule has 5 nitrogen and oxygen atoms in total. The summed E-state index contributed by atoms with van der Waals surface area (Å²) >= 11 is 5.73. The zero-order valence-corrected chi connectivity index (χ0v) is 16.9. The summed E-state index contributed by atoms with van der Waals surface area (Å²) in [5.41, 5.74) is 0.0212. The van der Waals surface area contributed by atoms with Gasteiger partial charge in [0.2, 0.25) is 5.91 Å². The van der Waals surface area contributed by atoms with E-state index in [1.54, 1.807) is 4.90 Å². The molecule has 31 heavy (non-hydrogen) atoms. The number of rotatable bonds is 4. The lowest BCUT2D eigenvalue weighted by Gasteiger charge is -2.48. The molecule has 1 unspecified atom stereocenters. The second kappa shape index (κ2) is 8.38. The number of hydrogen-bond donors (Lipinski definition) is 1. The lowest BCUT2D eigenvalue weighted by molar-refractivity contribution is -0.156. The highest BCUT2D eigenvalue weighted by atomic mass is 35.5. The van der Waals surface area contributed by atoms with E-state index in [9.17, 15) is 27.5 Å². The van der Waals surface area contributed by atoms with Crippen molar-refractivity contribution < 1.29 is 32.2 Å². The number of β-amino-alcohol motifs (C(OH)–C–C–N with tert-alkyl or cyclic N) is 1. The molecular weight excluding hydrogens is 440 g/mol. The third kappa shape index (κ3) is 4.41. The van der Waals surface area contributed by atoms with E-state index in [0.29, 0.717) is 18.8 Å². The predicted molar refractivity (Wildman–Crippen MR) is 105 cm³/mol. The fourth-order valence-corrected chi connectivity index (χ4v) is 3.97. The first-order valence-electron chi connectivity index (χ1n) is 9.59. The Kier molecular flexibility index (Phi) is 5.95. The average molecular weight is 459 g/mol. The number of benzene rings is 2. The van der Waals surface area contributed by atoms with Gasteiger partial charge in [-0.05, 0) is 35.9 Å². The Labute approximate surface area is 180 Å². The summed E-state index contributed by atoms with van der Waals surface area (Å²) in [5.74, 6) is -1.22. The van der Waals surface area contributed by atoms with Crippen LogP contribution in [0.25, 0.3) is 0 Å². The Morgan fingerprint density at radius 1 is 1.13 bits per heavy atom. The van der Waals surface area contributed by atoms with E-state index in [4.69, 9.17) is 16.3 Å². The molecule has 2 aromatic rings. The van der Waals surface area contributed by atoms with Crippen molar-refractivity contribution in [2.45, 2.75) is 25.0 Å². The van der Waals surface area contributed by atoms with Crippen molar-refractivity contribution in [1.82, 2.24) is 4.90 Å². The van der Waals surface area contributed by atoms with E-state index >= 15 is 0 Å². The summed E-state index contributed by atoms with van der Waals surface area (Å²) in [6.45, 7) is 0.588. The fourth-order valence-electron chi connectivity index (χ4n) is 3.85. The summed E-state index contributed by atoms with van der Waals surface area (Å²) in [6.07, 6.45) is -5.55. The molecule has 1 amide bonds. The minimum Gasteiger partial charge on any atom is -0.381 e. The van der Waals surface area contributed by atoms with Crippen molar-refractivity contribution in [2.24, 2.45) is 5.92 Å². The van der Waals surface area contributed by atoms with E-state index < -0.39 is 29.8 Å². The van der Waals surface area contributed by atoms with Crippen molar-refractivity contribution in [3.05, 3.63) is 64.4 Å². The van der Waals surface area contributed by atoms with Crippen LogP contribution in [-0.4, -0.2) is 47.9 Å². The zero-order valence-electron chi connectivity index (χ0n) is 16.1. The quantitative estimate of drug-likeness (QED) is 0.710. The highest BCUT2D eigenvalue weighted by Gasteiger charge is 2.47. The van der Waals surface area contributed by atoms with Crippen LogP contribution in [0.5, 0.6) is 0 Å². The highest BCUT2D eigenvalue weighted by molar-refractivity contribution is 6.30. The molecule has 2 heterocycles. The first-order chi connectivity index (χ1) is 14.6. The topological polar surface area (TPSA) is 53.0 Å². The van der Waals surface area contributed by atoms with Crippen LogP contribution in [0, 0.1) is 11.7 Å². The third-order valence-corrected chi connectivity index (χ3v) is 5.88. The number of halogens is 5. The van der Waals surface area contributed by atoms with Gasteiger partial charge in [-0.25, -0.2) is 4.39 Å². The van der Waals surface area contributed by atoms with Crippen molar-refractivity contribution in [3.8, 4) is 0 Å². The fraction of sp³-hybridized carbons (Fsp3) is 0.381. The van der Waals surface area contributed by atoms with Crippen molar-refractivity contribution in [2.75, 3.05) is 24.7 Å². The monoisotopic (exact) mass is 458 g/mol. The Balaban J connectivity index is 1.59. The van der Waals surface area contributed by atoms with E-state index in [0.717, 1.165) is 18.2 Å². The van der Waals surface area contributed by atoms with Gasteiger partial charge >= 0.3 is 6.18 Å². The molecule has 1 N–H and O–H groups in total. The lowest BCUT2D eigenvalue weighted by atomic mass is 9.92. The summed E-state index contributed by atoms with van der Waals surface area (Å²) < 4.78 is 57.6. The number of ether oxygens (including phenoxy) is 1. The van der Waals surface area contributed by atoms with E-state index in [-0.39, 0.29) is 35.6 Å². The molecule has 0 saturated carbocycles. The minimum atomic E-state index is -4.45. The molecule has 0 aromatic heterocycles. The maximum atomic E-state index is 13.9. The molecule has 0 aliphatic carbocycles. The number of alkyl halides is 3. The highest BCUT2D eigenvalue weighted by Crippen LogP contribution is 2.33. The lowest BCUT2D eigenvalue weighted by Crippen LogP contribution is -2.66. The Bertz CT molecular complexity index is 966. The van der Waals surface area contributed by atoms with Crippen LogP contribution in [0.3, 0.4) is 0 Å². The van der Waals surface area contributed by atoms with Gasteiger partial charge in [-0.15, -0.1) is 0 Å². The molecule has 2 saturated heterocycles. The van der Waals surface area contributed by atoms with Crippen LogP contribution >= 0.6 is 11.6 Å². The molecular formula is C21H19ClF4N2O3. The number of carbonyl (C=O) groups excluding carboxylic acids is 1. The number of hydrogen-bond acceptors (Lipinski definition) is 4. The van der Waals surface area contributed by atoms with Crippen molar-refractivity contribution >= 4 is 23.2 Å². The number of aliphatic hydroxyl groups excluding tert-OH is 1. The maximum absolute atomic E-state index is 13.9. The van der Waals surface area contributed by atoms with Gasteiger partial charge in [0.25, 0.3) is 0 Å². The van der Waals surface area contributed by atoms with Crippen molar-refractivity contribution in [1.29, 1.82) is 0 Å². The molecule has 10 heteroatoms. The molecule has 0 spiro atoms. The molecule has 166 valence electrons. The first kappa shape index (κ1) is 22.0. The third-order valence-electron chi connectivity index (χ3n) is 5.58. The number of carbonyl (C=O) groups is 1. The average Bonchev–Trinajstić information content (AvgIpc) is 2.67. The van der Waals surface area contributed by atoms with Gasteiger partial charge in [0.05, 0.1) is 36.4 Å². The van der Waals surface area contributed by atoms with Crippen LogP contribution in [0.15, 0.2) is 42.5 Å². The van der Waals surface area contributed by atoms with Crippen LogP contribution in [0.1, 0.15) is 11.1 Å². The molecule has 0 bridgehead atoms. The molecule has 0 radical (unpaired) electrons. The molecule has 2 aliphatic rings. The molecule has 2 atom stereocenters. The largest absolute Gasteiger partial charge is 0.416 e. The Hall–Kier alpha value is -2.20. The number of piperazine rings is 1.